The highest BCUT2D eigenvalue weighted by Gasteiger charge is 2.33. The van der Waals surface area contributed by atoms with Gasteiger partial charge in [-0.2, -0.15) is 17.5 Å². The Hall–Kier alpha value is -3.44. The quantitative estimate of drug-likeness (QED) is 0.298. The minimum absolute atomic E-state index is 0.0929. The van der Waals surface area contributed by atoms with Gasteiger partial charge in [-0.15, -0.1) is 0 Å². The summed E-state index contributed by atoms with van der Waals surface area (Å²) in [7, 11) is 1.91. The van der Waals surface area contributed by atoms with E-state index in [0.29, 0.717) is 41.6 Å². The molecule has 5 rings (SSSR count). The van der Waals surface area contributed by atoms with Crippen LogP contribution in [0.25, 0.3) is 10.9 Å². The summed E-state index contributed by atoms with van der Waals surface area (Å²) in [5, 5.41) is 7.46. The fourth-order valence-corrected chi connectivity index (χ4v) is 7.67. The first kappa shape index (κ1) is 33.9. The highest BCUT2D eigenvalue weighted by atomic mass is 32.2. The van der Waals surface area contributed by atoms with Crippen LogP contribution in [0.5, 0.6) is 5.75 Å². The largest absolute Gasteiger partial charge is 0.495 e. The fraction of sp³-hybridized carbons (Fsp3) is 0.515. The normalized spacial score (nSPS) is 21.2. The van der Waals surface area contributed by atoms with Gasteiger partial charge in [0.05, 0.1) is 48.7 Å². The number of anilines is 2. The molecule has 2 heterocycles. The van der Waals surface area contributed by atoms with Crippen LogP contribution in [0.2, 0.25) is 0 Å². The second kappa shape index (κ2) is 13.7. The zero-order valence-corrected chi connectivity index (χ0v) is 27.5. The number of aromatic nitrogens is 1. The molecule has 1 saturated heterocycles. The molecular weight excluding hydrogens is 619 g/mol. The summed E-state index contributed by atoms with van der Waals surface area (Å²) in [5.41, 5.74) is 1.85. The van der Waals surface area contributed by atoms with Crippen molar-refractivity contribution in [1.29, 1.82) is 0 Å². The topological polar surface area (TPSA) is 88.1 Å². The molecule has 250 valence electrons. The molecule has 9 nitrogen and oxygen atoms in total. The molecule has 2 fully saturated rings. The minimum atomic E-state index is -4.43. The summed E-state index contributed by atoms with van der Waals surface area (Å²) in [6.45, 7) is 2.34. The first-order valence-electron chi connectivity index (χ1n) is 15.4. The molecule has 46 heavy (non-hydrogen) atoms. The third kappa shape index (κ3) is 7.74. The van der Waals surface area contributed by atoms with Crippen molar-refractivity contribution in [2.24, 2.45) is 0 Å². The maximum atomic E-state index is 13.7. The van der Waals surface area contributed by atoms with E-state index in [4.69, 9.17) is 9.47 Å². The zero-order valence-electron chi connectivity index (χ0n) is 26.7. The number of alkyl halides is 3. The number of sulfonamides is 1. The summed E-state index contributed by atoms with van der Waals surface area (Å²) in [5.74, 6) is 6.18. The van der Waals surface area contributed by atoms with E-state index in [1.54, 1.807) is 24.3 Å². The minimum Gasteiger partial charge on any atom is -0.495 e. The molecule has 0 unspecified atom stereocenters. The number of hydrogen-bond donors (Lipinski definition) is 2. The van der Waals surface area contributed by atoms with E-state index >= 15 is 0 Å². The first-order chi connectivity index (χ1) is 21.8. The van der Waals surface area contributed by atoms with Gasteiger partial charge in [0.15, 0.2) is 0 Å². The van der Waals surface area contributed by atoms with Crippen LogP contribution in [0.1, 0.15) is 38.3 Å². The summed E-state index contributed by atoms with van der Waals surface area (Å²) >= 11 is 0. The molecule has 0 amide bonds. The van der Waals surface area contributed by atoms with Crippen LogP contribution < -0.4 is 15.4 Å². The van der Waals surface area contributed by atoms with E-state index in [2.05, 4.69) is 48.4 Å². The Kier molecular flexibility index (Phi) is 10.1. The molecule has 1 aromatic heterocycles. The lowest BCUT2D eigenvalue weighted by Gasteiger charge is -2.41. The van der Waals surface area contributed by atoms with Crippen molar-refractivity contribution in [3.63, 3.8) is 0 Å². The molecule has 3 aromatic rings. The van der Waals surface area contributed by atoms with Gasteiger partial charge in [-0.1, -0.05) is 12.0 Å². The van der Waals surface area contributed by atoms with Gasteiger partial charge < -0.3 is 29.6 Å². The third-order valence-corrected chi connectivity index (χ3v) is 10.8. The second-order valence-electron chi connectivity index (χ2n) is 12.4. The molecule has 13 heteroatoms. The Morgan fingerprint density at radius 1 is 1.09 bits per heavy atom. The van der Waals surface area contributed by atoms with Gasteiger partial charge in [0.2, 0.25) is 10.0 Å². The van der Waals surface area contributed by atoms with Crippen molar-refractivity contribution in [2.75, 3.05) is 64.7 Å². The lowest BCUT2D eigenvalue weighted by Crippen LogP contribution is -2.43. The van der Waals surface area contributed by atoms with E-state index in [1.165, 1.54) is 28.1 Å². The van der Waals surface area contributed by atoms with Gasteiger partial charge in [0.25, 0.3) is 0 Å². The molecule has 2 aliphatic rings. The van der Waals surface area contributed by atoms with Crippen molar-refractivity contribution >= 4 is 32.3 Å². The Labute approximate surface area is 269 Å². The summed E-state index contributed by atoms with van der Waals surface area (Å²) < 4.78 is 80.6. The number of benzene rings is 2. The molecule has 0 spiro atoms. The maximum absolute atomic E-state index is 13.7. The van der Waals surface area contributed by atoms with E-state index in [1.807, 2.05) is 6.07 Å². The summed E-state index contributed by atoms with van der Waals surface area (Å²) in [6, 6.07) is 12.2. The SMILES string of the molecule is COc1cc(S(=O)(=O)N2CCOCC2)ccc1NCC#Cc1cc2c(NC3(C)CCC(N(C)C)CC3)cccc2n1CC(F)(F)F. The van der Waals surface area contributed by atoms with E-state index in [-0.39, 0.29) is 35.8 Å². The van der Waals surface area contributed by atoms with Gasteiger partial charge in [0, 0.05) is 41.8 Å². The molecule has 0 radical (unpaired) electrons. The molecular formula is C33H42F3N5O4S. The van der Waals surface area contributed by atoms with Crippen molar-refractivity contribution in [1.82, 2.24) is 13.8 Å². The average molecular weight is 662 g/mol. The van der Waals surface area contributed by atoms with Crippen LogP contribution in [0.4, 0.5) is 24.5 Å². The molecule has 0 atom stereocenters. The molecule has 1 aliphatic heterocycles. The number of halogens is 3. The van der Waals surface area contributed by atoms with Crippen LogP contribution in [-0.2, 0) is 21.3 Å². The highest BCUT2D eigenvalue weighted by Crippen LogP contribution is 2.37. The number of nitrogens with zero attached hydrogens (tertiary/aromatic N) is 3. The Bertz CT molecular complexity index is 1700. The van der Waals surface area contributed by atoms with Gasteiger partial charge in [-0.3, -0.25) is 0 Å². The van der Waals surface area contributed by atoms with E-state index in [9.17, 15) is 21.6 Å². The van der Waals surface area contributed by atoms with Crippen LogP contribution in [-0.4, -0.2) is 94.0 Å². The van der Waals surface area contributed by atoms with Crippen LogP contribution in [0.15, 0.2) is 47.4 Å². The molecule has 1 aliphatic carbocycles. The van der Waals surface area contributed by atoms with E-state index < -0.39 is 22.7 Å². The summed E-state index contributed by atoms with van der Waals surface area (Å²) in [6.07, 6.45) is -0.433. The van der Waals surface area contributed by atoms with Gasteiger partial charge in [-0.25, -0.2) is 8.42 Å². The van der Waals surface area contributed by atoms with E-state index in [0.717, 1.165) is 31.4 Å². The number of hydrogen-bond acceptors (Lipinski definition) is 7. The summed E-state index contributed by atoms with van der Waals surface area (Å²) in [4.78, 5) is 2.35. The lowest BCUT2D eigenvalue weighted by atomic mass is 9.80. The van der Waals surface area contributed by atoms with Gasteiger partial charge in [-0.05, 0) is 83.0 Å². The first-order valence-corrected chi connectivity index (χ1v) is 16.9. The standard InChI is InChI=1S/C33H42F3N5O4S/c1-32(14-12-24(13-15-32)39(2)3)38-28-8-5-9-30-27(28)21-25(41(30)23-33(34,35)36)7-6-16-37-29-11-10-26(22-31(29)44-4)46(42,43)40-17-19-45-20-18-40/h5,8-11,21-22,24,37-38H,12-20,23H2,1-4H3. The van der Waals surface area contributed by atoms with Crippen LogP contribution in [0.3, 0.4) is 0 Å². The van der Waals surface area contributed by atoms with Gasteiger partial charge >= 0.3 is 6.18 Å². The van der Waals surface area contributed by atoms with Crippen molar-refractivity contribution < 1.29 is 31.1 Å². The van der Waals surface area contributed by atoms with Crippen molar-refractivity contribution in [2.45, 2.75) is 61.8 Å². The van der Waals surface area contributed by atoms with Crippen molar-refractivity contribution in [3.8, 4) is 17.6 Å². The van der Waals surface area contributed by atoms with Crippen LogP contribution >= 0.6 is 0 Å². The number of nitrogens with one attached hydrogen (secondary N) is 2. The van der Waals surface area contributed by atoms with Crippen molar-refractivity contribution in [3.05, 3.63) is 48.2 Å². The second-order valence-corrected chi connectivity index (χ2v) is 14.3. The Morgan fingerprint density at radius 2 is 1.80 bits per heavy atom. The smallest absolute Gasteiger partial charge is 0.406 e. The number of rotatable bonds is 9. The zero-order chi connectivity index (χ0) is 33.1. The third-order valence-electron chi connectivity index (χ3n) is 8.87. The number of morpholine rings is 1. The maximum Gasteiger partial charge on any atom is 0.406 e. The molecule has 2 aromatic carbocycles. The van der Waals surface area contributed by atoms with Gasteiger partial charge in [0.1, 0.15) is 12.3 Å². The monoisotopic (exact) mass is 661 g/mol. The molecule has 1 saturated carbocycles. The predicted molar refractivity (Wildman–Crippen MR) is 174 cm³/mol. The Balaban J connectivity index is 1.36. The number of fused-ring (bicyclic) bond motifs is 1. The van der Waals surface area contributed by atoms with Crippen LogP contribution in [0, 0.1) is 11.8 Å². The Morgan fingerprint density at radius 3 is 2.46 bits per heavy atom. The number of ether oxygens (including phenoxy) is 2. The lowest BCUT2D eigenvalue weighted by molar-refractivity contribution is -0.140. The molecule has 0 bridgehead atoms. The fourth-order valence-electron chi connectivity index (χ4n) is 6.24. The predicted octanol–water partition coefficient (Wildman–Crippen LogP) is 5.37. The highest BCUT2D eigenvalue weighted by molar-refractivity contribution is 7.89. The number of methoxy groups -OCH3 is 1. The molecule has 2 N–H and O–H groups in total. The average Bonchev–Trinajstić information content (AvgIpc) is 3.36.